The topological polar surface area (TPSA) is 56.6 Å². The SMILES string of the molecule is COc1ccc(CN2C(=O)N(C3CCCCC3)C(=N)C2=S)cc1. The molecule has 0 spiro atoms. The number of carbonyl (C=O) groups excluding carboxylic acids is 1. The quantitative estimate of drug-likeness (QED) is 0.858. The minimum absolute atomic E-state index is 0.127. The van der Waals surface area contributed by atoms with Gasteiger partial charge < -0.3 is 4.74 Å². The van der Waals surface area contributed by atoms with Gasteiger partial charge in [-0.05, 0) is 30.5 Å². The number of carbonyl (C=O) groups is 1. The highest BCUT2D eigenvalue weighted by atomic mass is 32.1. The van der Waals surface area contributed by atoms with E-state index in [9.17, 15) is 4.79 Å². The summed E-state index contributed by atoms with van der Waals surface area (Å²) in [4.78, 5) is 16.2. The maximum atomic E-state index is 12.8. The fourth-order valence-electron chi connectivity index (χ4n) is 3.27. The molecule has 1 saturated carbocycles. The van der Waals surface area contributed by atoms with Crippen molar-refractivity contribution in [3.63, 3.8) is 0 Å². The normalized spacial score (nSPS) is 19.6. The fourth-order valence-corrected chi connectivity index (χ4v) is 3.52. The molecule has 122 valence electrons. The van der Waals surface area contributed by atoms with E-state index in [0.717, 1.165) is 37.0 Å². The fraction of sp³-hybridized carbons (Fsp3) is 0.471. The first-order valence-corrected chi connectivity index (χ1v) is 8.39. The van der Waals surface area contributed by atoms with Gasteiger partial charge in [0.1, 0.15) is 5.75 Å². The predicted molar refractivity (Wildman–Crippen MR) is 93.0 cm³/mol. The van der Waals surface area contributed by atoms with Gasteiger partial charge in [0.25, 0.3) is 0 Å². The second-order valence-corrected chi connectivity index (χ2v) is 6.42. The second-order valence-electron chi connectivity index (χ2n) is 6.03. The molecule has 5 nitrogen and oxygen atoms in total. The van der Waals surface area contributed by atoms with Gasteiger partial charge in [0.2, 0.25) is 0 Å². The van der Waals surface area contributed by atoms with E-state index >= 15 is 0 Å². The Hall–Kier alpha value is -1.95. The smallest absolute Gasteiger partial charge is 0.331 e. The van der Waals surface area contributed by atoms with Crippen LogP contribution in [0.2, 0.25) is 0 Å². The Bertz CT molecular complexity index is 623. The monoisotopic (exact) mass is 331 g/mol. The van der Waals surface area contributed by atoms with Crippen molar-refractivity contribution < 1.29 is 9.53 Å². The number of nitrogens with zero attached hydrogens (tertiary/aromatic N) is 2. The van der Waals surface area contributed by atoms with Crippen molar-refractivity contribution in [2.45, 2.75) is 44.7 Å². The van der Waals surface area contributed by atoms with Crippen molar-refractivity contribution in [1.29, 1.82) is 5.41 Å². The van der Waals surface area contributed by atoms with Crippen molar-refractivity contribution in [3.8, 4) is 5.75 Å². The number of hydrogen-bond donors (Lipinski definition) is 1. The lowest BCUT2D eigenvalue weighted by Gasteiger charge is -2.29. The van der Waals surface area contributed by atoms with Gasteiger partial charge in [-0.25, -0.2) is 4.79 Å². The zero-order valence-corrected chi connectivity index (χ0v) is 14.1. The number of hydrogen-bond acceptors (Lipinski definition) is 4. The van der Waals surface area contributed by atoms with Crippen LogP contribution in [0.4, 0.5) is 4.79 Å². The Morgan fingerprint density at radius 2 is 1.87 bits per heavy atom. The molecular formula is C17H21N3O2S. The number of ether oxygens (including phenoxy) is 1. The Morgan fingerprint density at radius 3 is 2.48 bits per heavy atom. The number of nitrogens with one attached hydrogen (secondary N) is 1. The number of amides is 2. The molecule has 23 heavy (non-hydrogen) atoms. The zero-order valence-electron chi connectivity index (χ0n) is 13.2. The summed E-state index contributed by atoms with van der Waals surface area (Å²) < 4.78 is 5.15. The lowest BCUT2D eigenvalue weighted by molar-refractivity contribution is 0.182. The third-order valence-corrected chi connectivity index (χ3v) is 4.98. The summed E-state index contributed by atoms with van der Waals surface area (Å²) in [5.74, 6) is 0.964. The average Bonchev–Trinajstić information content (AvgIpc) is 2.80. The Labute approximate surface area is 141 Å². The van der Waals surface area contributed by atoms with Gasteiger partial charge in [-0.2, -0.15) is 0 Å². The van der Waals surface area contributed by atoms with Crippen LogP contribution in [0, 0.1) is 5.41 Å². The molecule has 0 aromatic heterocycles. The molecule has 1 saturated heterocycles. The predicted octanol–water partition coefficient (Wildman–Crippen LogP) is 3.57. The third-order valence-electron chi connectivity index (χ3n) is 4.57. The Morgan fingerprint density at radius 1 is 1.22 bits per heavy atom. The molecule has 1 N–H and O–H groups in total. The number of methoxy groups -OCH3 is 1. The van der Waals surface area contributed by atoms with Gasteiger partial charge >= 0.3 is 6.03 Å². The van der Waals surface area contributed by atoms with Gasteiger partial charge in [-0.15, -0.1) is 0 Å². The summed E-state index contributed by atoms with van der Waals surface area (Å²) in [5, 5.41) is 8.24. The van der Waals surface area contributed by atoms with E-state index in [0.29, 0.717) is 11.5 Å². The highest BCUT2D eigenvalue weighted by Gasteiger charge is 2.42. The van der Waals surface area contributed by atoms with E-state index in [1.54, 1.807) is 12.0 Å². The molecule has 1 aromatic rings. The molecule has 1 aliphatic heterocycles. The van der Waals surface area contributed by atoms with Crippen molar-refractivity contribution in [2.24, 2.45) is 0 Å². The largest absolute Gasteiger partial charge is 0.497 e. The first-order valence-electron chi connectivity index (χ1n) is 7.98. The lowest BCUT2D eigenvalue weighted by atomic mass is 9.94. The van der Waals surface area contributed by atoms with E-state index in [1.165, 1.54) is 11.3 Å². The molecule has 2 aliphatic rings. The van der Waals surface area contributed by atoms with Crippen LogP contribution in [0.25, 0.3) is 0 Å². The molecule has 0 bridgehead atoms. The molecule has 1 aliphatic carbocycles. The Kier molecular flexibility index (Phi) is 4.61. The van der Waals surface area contributed by atoms with Gasteiger partial charge in [0, 0.05) is 6.04 Å². The van der Waals surface area contributed by atoms with Crippen LogP contribution >= 0.6 is 12.2 Å². The summed E-state index contributed by atoms with van der Waals surface area (Å²) in [6.07, 6.45) is 5.38. The number of benzene rings is 1. The second kappa shape index (κ2) is 6.66. The van der Waals surface area contributed by atoms with E-state index in [4.69, 9.17) is 22.4 Å². The van der Waals surface area contributed by atoms with E-state index in [2.05, 4.69) is 0 Å². The van der Waals surface area contributed by atoms with Crippen LogP contribution in [0.1, 0.15) is 37.7 Å². The summed E-state index contributed by atoms with van der Waals surface area (Å²) >= 11 is 5.35. The van der Waals surface area contributed by atoms with Crippen molar-refractivity contribution >= 4 is 29.1 Å². The summed E-state index contributed by atoms with van der Waals surface area (Å²) in [6.45, 7) is 0.396. The molecule has 2 fully saturated rings. The summed E-state index contributed by atoms with van der Waals surface area (Å²) in [7, 11) is 1.62. The van der Waals surface area contributed by atoms with Crippen molar-refractivity contribution in [2.75, 3.05) is 7.11 Å². The van der Waals surface area contributed by atoms with Gasteiger partial charge in [0.05, 0.1) is 13.7 Å². The molecule has 6 heteroatoms. The molecule has 3 rings (SSSR count). The molecule has 2 amide bonds. The number of rotatable bonds is 4. The first-order chi connectivity index (χ1) is 11.1. The maximum absolute atomic E-state index is 12.8. The van der Waals surface area contributed by atoms with Crippen molar-refractivity contribution in [3.05, 3.63) is 29.8 Å². The van der Waals surface area contributed by atoms with E-state index in [-0.39, 0.29) is 17.9 Å². The van der Waals surface area contributed by atoms with Gasteiger partial charge in [-0.1, -0.05) is 43.6 Å². The average molecular weight is 331 g/mol. The minimum Gasteiger partial charge on any atom is -0.497 e. The third kappa shape index (κ3) is 3.08. The van der Waals surface area contributed by atoms with E-state index in [1.807, 2.05) is 24.3 Å². The molecule has 1 aromatic carbocycles. The molecule has 0 unspecified atom stereocenters. The van der Waals surface area contributed by atoms with Crippen LogP contribution in [0.5, 0.6) is 5.75 Å². The highest BCUT2D eigenvalue weighted by Crippen LogP contribution is 2.28. The molecule has 0 atom stereocenters. The van der Waals surface area contributed by atoms with Crippen LogP contribution in [0.15, 0.2) is 24.3 Å². The summed E-state index contributed by atoms with van der Waals surface area (Å²) in [6, 6.07) is 7.54. The van der Waals surface area contributed by atoms with Gasteiger partial charge in [0.15, 0.2) is 10.8 Å². The molecular weight excluding hydrogens is 310 g/mol. The number of thiocarbonyl (C=S) groups is 1. The number of amidine groups is 1. The van der Waals surface area contributed by atoms with E-state index < -0.39 is 0 Å². The summed E-state index contributed by atoms with van der Waals surface area (Å²) in [5.41, 5.74) is 0.972. The van der Waals surface area contributed by atoms with Crippen LogP contribution in [-0.2, 0) is 6.54 Å². The first kappa shape index (κ1) is 15.9. The van der Waals surface area contributed by atoms with Crippen molar-refractivity contribution in [1.82, 2.24) is 9.80 Å². The van der Waals surface area contributed by atoms with Crippen LogP contribution in [-0.4, -0.2) is 39.8 Å². The highest BCUT2D eigenvalue weighted by molar-refractivity contribution is 7.82. The van der Waals surface area contributed by atoms with Crippen LogP contribution < -0.4 is 4.74 Å². The van der Waals surface area contributed by atoms with Gasteiger partial charge in [-0.3, -0.25) is 15.2 Å². The maximum Gasteiger partial charge on any atom is 0.331 e. The molecule has 1 heterocycles. The molecule has 0 radical (unpaired) electrons. The standard InChI is InChI=1S/C17H21N3O2S/c1-22-14-9-7-12(8-10-14)11-19-16(23)15(18)20(17(19)21)13-5-3-2-4-6-13/h7-10,13,18H,2-6,11H2,1H3. The minimum atomic E-state index is -0.150. The Balaban J connectivity index is 1.75. The van der Waals surface area contributed by atoms with Crippen LogP contribution in [0.3, 0.4) is 0 Å². The number of urea groups is 1. The zero-order chi connectivity index (χ0) is 16.4. The lowest BCUT2D eigenvalue weighted by Crippen LogP contribution is -2.42.